The summed E-state index contributed by atoms with van der Waals surface area (Å²) in [5, 5.41) is 8.68. The third-order valence-corrected chi connectivity index (χ3v) is 5.34. The molecule has 29 heavy (non-hydrogen) atoms. The van der Waals surface area contributed by atoms with Crippen LogP contribution in [0.1, 0.15) is 17.5 Å². The summed E-state index contributed by atoms with van der Waals surface area (Å²) >= 11 is 0.937. The van der Waals surface area contributed by atoms with Gasteiger partial charge in [0.15, 0.2) is 0 Å². The number of hydrogen-bond acceptors (Lipinski definition) is 5. The van der Waals surface area contributed by atoms with Crippen molar-refractivity contribution in [2.75, 3.05) is 12.4 Å². The molecular formula is C18H15F4N3O3S. The van der Waals surface area contributed by atoms with Crippen LogP contribution in [0.4, 0.5) is 17.6 Å². The van der Waals surface area contributed by atoms with Crippen molar-refractivity contribution in [3.63, 3.8) is 0 Å². The lowest BCUT2D eigenvalue weighted by Gasteiger charge is -2.19. The zero-order valence-corrected chi connectivity index (χ0v) is 15.8. The highest BCUT2D eigenvalue weighted by Crippen LogP contribution is 2.44. The van der Waals surface area contributed by atoms with Crippen molar-refractivity contribution in [3.8, 4) is 11.3 Å². The first-order chi connectivity index (χ1) is 13.6. The molecule has 1 aromatic carbocycles. The molecule has 0 amide bonds. The number of fused-ring (bicyclic) bond motifs is 1. The second kappa shape index (κ2) is 7.99. The van der Waals surface area contributed by atoms with Gasteiger partial charge in [0.2, 0.25) is 0 Å². The molecular weight excluding hydrogens is 414 g/mol. The van der Waals surface area contributed by atoms with E-state index >= 15 is 0 Å². The molecule has 0 fully saturated rings. The molecule has 3 rings (SSSR count). The Morgan fingerprint density at radius 3 is 2.55 bits per heavy atom. The van der Waals surface area contributed by atoms with Crippen molar-refractivity contribution in [2.45, 2.75) is 24.4 Å². The summed E-state index contributed by atoms with van der Waals surface area (Å²) in [6.45, 7) is 1.20. The highest BCUT2D eigenvalue weighted by Gasteiger charge is 2.37. The Hall–Kier alpha value is -2.66. The van der Waals surface area contributed by atoms with E-state index in [1.807, 2.05) is 4.98 Å². The molecule has 0 aliphatic rings. The number of thioether (sulfide) groups is 1. The number of alkyl halides is 3. The van der Waals surface area contributed by atoms with Crippen LogP contribution in [0.5, 0.6) is 0 Å². The Kier molecular flexibility index (Phi) is 5.80. The van der Waals surface area contributed by atoms with E-state index in [0.717, 1.165) is 18.0 Å². The number of rotatable bonds is 5. The summed E-state index contributed by atoms with van der Waals surface area (Å²) in [6.07, 6.45) is -3.76. The molecule has 0 aliphatic carbocycles. The van der Waals surface area contributed by atoms with Crippen LogP contribution in [-0.4, -0.2) is 32.4 Å². The average molecular weight is 429 g/mol. The Morgan fingerprint density at radius 1 is 1.21 bits per heavy atom. The zero-order chi connectivity index (χ0) is 21.3. The van der Waals surface area contributed by atoms with Crippen molar-refractivity contribution in [1.29, 1.82) is 0 Å². The maximum Gasteiger partial charge on any atom is 0.417 e. The van der Waals surface area contributed by atoms with E-state index in [9.17, 15) is 27.2 Å². The maximum absolute atomic E-state index is 13.9. The van der Waals surface area contributed by atoms with Crippen LogP contribution in [0, 0.1) is 12.7 Å². The summed E-state index contributed by atoms with van der Waals surface area (Å²) in [5.41, 5.74) is -3.47. The fraction of sp³-hybridized carbons (Fsp3) is 0.278. The van der Waals surface area contributed by atoms with Gasteiger partial charge in [0.25, 0.3) is 5.56 Å². The number of nitrogens with zero attached hydrogens (tertiary/aromatic N) is 1. The second-order valence-corrected chi connectivity index (χ2v) is 7.31. The van der Waals surface area contributed by atoms with Crippen LogP contribution in [0.3, 0.4) is 0 Å². The number of halogens is 4. The fourth-order valence-electron chi connectivity index (χ4n) is 2.81. The quantitative estimate of drug-likeness (QED) is 0.329. The van der Waals surface area contributed by atoms with Crippen LogP contribution >= 0.6 is 11.8 Å². The predicted molar refractivity (Wildman–Crippen MR) is 101 cm³/mol. The molecule has 0 atom stereocenters. The van der Waals surface area contributed by atoms with E-state index in [4.69, 9.17) is 5.11 Å². The molecule has 2 aromatic heterocycles. The number of aromatic amines is 2. The number of aryl methyl sites for hydroxylation is 1. The summed E-state index contributed by atoms with van der Waals surface area (Å²) in [4.78, 5) is 32.0. The van der Waals surface area contributed by atoms with E-state index in [0.29, 0.717) is 6.07 Å². The van der Waals surface area contributed by atoms with Gasteiger partial charge in [-0.3, -0.25) is 14.8 Å². The SMILES string of the molecule is Cc1cc(-c2c(C(F)(F)F)cc3c(=O)[nH]c(=O)[nH]c3c2SCCCO)ncc1F. The van der Waals surface area contributed by atoms with Crippen molar-refractivity contribution < 1.29 is 22.7 Å². The third-order valence-electron chi connectivity index (χ3n) is 4.15. The smallest absolute Gasteiger partial charge is 0.396 e. The number of hydrogen-bond donors (Lipinski definition) is 3. The lowest BCUT2D eigenvalue weighted by molar-refractivity contribution is -0.137. The minimum atomic E-state index is -4.84. The lowest BCUT2D eigenvalue weighted by Crippen LogP contribution is -2.23. The zero-order valence-electron chi connectivity index (χ0n) is 15.0. The Labute approximate surface area is 165 Å². The van der Waals surface area contributed by atoms with E-state index < -0.39 is 28.8 Å². The van der Waals surface area contributed by atoms with Crippen molar-refractivity contribution >= 4 is 22.7 Å². The number of benzene rings is 1. The van der Waals surface area contributed by atoms with Gasteiger partial charge in [0.05, 0.1) is 28.4 Å². The van der Waals surface area contributed by atoms with Crippen LogP contribution in [0.15, 0.2) is 32.8 Å². The Bertz CT molecular complexity index is 1190. The number of nitrogens with one attached hydrogen (secondary N) is 2. The van der Waals surface area contributed by atoms with Gasteiger partial charge < -0.3 is 10.1 Å². The maximum atomic E-state index is 13.9. The van der Waals surface area contributed by atoms with Crippen molar-refractivity contribution in [3.05, 3.63) is 56.1 Å². The summed E-state index contributed by atoms with van der Waals surface area (Å²) < 4.78 is 55.3. The third kappa shape index (κ3) is 4.20. The van der Waals surface area contributed by atoms with Crippen molar-refractivity contribution in [2.24, 2.45) is 0 Å². The van der Waals surface area contributed by atoms with Gasteiger partial charge in [-0.1, -0.05) is 0 Å². The number of aliphatic hydroxyl groups is 1. The number of aromatic nitrogens is 3. The normalized spacial score (nSPS) is 11.9. The number of aliphatic hydroxyl groups excluding tert-OH is 1. The fourth-order valence-corrected chi connectivity index (χ4v) is 3.96. The van der Waals surface area contributed by atoms with Gasteiger partial charge in [-0.05, 0) is 31.0 Å². The molecule has 0 unspecified atom stereocenters. The standard InChI is InChI=1S/C18H15F4N3O3S/c1-8-5-12(23-7-11(8)19)13-10(18(20,21)22)6-9-14(15(13)29-4-2-3-26)24-17(28)25-16(9)27/h5-7,26H,2-4H2,1H3,(H2,24,25,27,28). The molecule has 0 saturated heterocycles. The molecule has 0 bridgehead atoms. The predicted octanol–water partition coefficient (Wildman–Crippen LogP) is 3.22. The van der Waals surface area contributed by atoms with E-state index in [-0.39, 0.29) is 51.4 Å². The van der Waals surface area contributed by atoms with Crippen LogP contribution in [0.25, 0.3) is 22.2 Å². The summed E-state index contributed by atoms with van der Waals surface area (Å²) in [7, 11) is 0. The first-order valence-corrected chi connectivity index (χ1v) is 9.38. The highest BCUT2D eigenvalue weighted by molar-refractivity contribution is 7.99. The minimum absolute atomic E-state index is 0.0232. The molecule has 0 radical (unpaired) electrons. The van der Waals surface area contributed by atoms with Gasteiger partial charge in [-0.25, -0.2) is 9.18 Å². The molecule has 0 aliphatic heterocycles. The molecule has 2 heterocycles. The minimum Gasteiger partial charge on any atom is -0.396 e. The average Bonchev–Trinajstić information content (AvgIpc) is 2.63. The first-order valence-electron chi connectivity index (χ1n) is 8.40. The van der Waals surface area contributed by atoms with Crippen LogP contribution in [0.2, 0.25) is 0 Å². The van der Waals surface area contributed by atoms with E-state index in [2.05, 4.69) is 9.97 Å². The van der Waals surface area contributed by atoms with Crippen LogP contribution < -0.4 is 11.2 Å². The first kappa shape index (κ1) is 21.1. The molecule has 11 heteroatoms. The number of H-pyrrole nitrogens is 2. The molecule has 3 aromatic rings. The summed E-state index contributed by atoms with van der Waals surface area (Å²) in [6, 6.07) is 1.82. The monoisotopic (exact) mass is 429 g/mol. The largest absolute Gasteiger partial charge is 0.417 e. The van der Waals surface area contributed by atoms with Gasteiger partial charge in [-0.2, -0.15) is 13.2 Å². The van der Waals surface area contributed by atoms with Gasteiger partial charge in [0.1, 0.15) is 5.82 Å². The molecule has 154 valence electrons. The van der Waals surface area contributed by atoms with E-state index in [1.165, 1.54) is 13.0 Å². The molecule has 0 spiro atoms. The van der Waals surface area contributed by atoms with E-state index in [1.54, 1.807) is 0 Å². The summed E-state index contributed by atoms with van der Waals surface area (Å²) in [5.74, 6) is -0.461. The van der Waals surface area contributed by atoms with Crippen molar-refractivity contribution in [1.82, 2.24) is 15.0 Å². The molecule has 0 saturated carbocycles. The highest BCUT2D eigenvalue weighted by atomic mass is 32.2. The van der Waals surface area contributed by atoms with Gasteiger partial charge in [0, 0.05) is 22.8 Å². The van der Waals surface area contributed by atoms with Gasteiger partial charge in [-0.15, -0.1) is 11.8 Å². The Morgan fingerprint density at radius 2 is 1.93 bits per heavy atom. The number of pyridine rings is 1. The van der Waals surface area contributed by atoms with Crippen LogP contribution in [-0.2, 0) is 6.18 Å². The lowest BCUT2D eigenvalue weighted by atomic mass is 9.99. The molecule has 6 nitrogen and oxygen atoms in total. The topological polar surface area (TPSA) is 98.8 Å². The molecule has 3 N–H and O–H groups in total. The second-order valence-electron chi connectivity index (χ2n) is 6.20. The Balaban J connectivity index is 2.47. The van der Waals surface area contributed by atoms with Gasteiger partial charge >= 0.3 is 11.9 Å².